The number of benzene rings is 1. The van der Waals surface area contributed by atoms with E-state index in [0.29, 0.717) is 25.8 Å². The minimum absolute atomic E-state index is 0.295. The average molecular weight is 299 g/mol. The van der Waals surface area contributed by atoms with E-state index >= 15 is 0 Å². The summed E-state index contributed by atoms with van der Waals surface area (Å²) in [6.07, 6.45) is 4.34. The first-order valence-corrected chi connectivity index (χ1v) is 7.28. The van der Waals surface area contributed by atoms with E-state index in [-0.39, 0.29) is 11.8 Å². The van der Waals surface area contributed by atoms with Gasteiger partial charge in [-0.2, -0.15) is 0 Å². The van der Waals surface area contributed by atoms with Gasteiger partial charge in [0.25, 0.3) is 0 Å². The molecule has 114 valence electrons. The molecule has 1 aliphatic heterocycles. The fraction of sp³-hybridized carbons (Fsp3) is 0.312. The maximum absolute atomic E-state index is 12.2. The van der Waals surface area contributed by atoms with Crippen molar-refractivity contribution in [3.63, 3.8) is 0 Å². The number of carbonyl (C=O) groups excluding carboxylic acids is 1. The van der Waals surface area contributed by atoms with E-state index in [9.17, 15) is 9.59 Å². The number of hydrogen-bond acceptors (Lipinski definition) is 3. The summed E-state index contributed by atoms with van der Waals surface area (Å²) in [5.41, 5.74) is 1.80. The zero-order valence-corrected chi connectivity index (χ0v) is 12.1. The van der Waals surface area contributed by atoms with Gasteiger partial charge in [0.2, 0.25) is 5.91 Å². The number of nitrogens with zero attached hydrogens (tertiary/aromatic N) is 3. The number of hydrogen-bond donors (Lipinski definition) is 1. The van der Waals surface area contributed by atoms with Gasteiger partial charge in [0.1, 0.15) is 0 Å². The Morgan fingerprint density at radius 2 is 2.09 bits per heavy atom. The molecule has 0 bridgehead atoms. The van der Waals surface area contributed by atoms with Crippen LogP contribution in [0.1, 0.15) is 18.5 Å². The van der Waals surface area contributed by atoms with Crippen molar-refractivity contribution >= 4 is 12.0 Å². The van der Waals surface area contributed by atoms with Crippen LogP contribution in [0.4, 0.5) is 4.79 Å². The summed E-state index contributed by atoms with van der Waals surface area (Å²) < 4.78 is 1.90. The Balaban J connectivity index is 1.72. The molecule has 1 fully saturated rings. The van der Waals surface area contributed by atoms with Crippen LogP contribution in [0.5, 0.6) is 0 Å². The predicted octanol–water partition coefficient (Wildman–Crippen LogP) is 2.33. The van der Waals surface area contributed by atoms with Crippen LogP contribution in [-0.2, 0) is 11.2 Å². The van der Waals surface area contributed by atoms with Crippen LogP contribution in [0.25, 0.3) is 5.69 Å². The number of carbonyl (C=O) groups is 2. The molecule has 1 atom stereocenters. The normalized spacial score (nSPS) is 18.5. The summed E-state index contributed by atoms with van der Waals surface area (Å²) in [5.74, 6) is -0.614. The zero-order chi connectivity index (χ0) is 15.5. The third kappa shape index (κ3) is 2.86. The number of imidazole rings is 1. The average Bonchev–Trinajstić information content (AvgIpc) is 2.98. The molecular weight excluding hydrogens is 282 g/mol. The Bertz CT molecular complexity index is 681. The molecule has 1 aromatic heterocycles. The molecule has 2 aromatic rings. The van der Waals surface area contributed by atoms with E-state index in [1.54, 1.807) is 6.33 Å². The third-order valence-electron chi connectivity index (χ3n) is 3.93. The summed E-state index contributed by atoms with van der Waals surface area (Å²) in [6, 6.07) is 9.80. The summed E-state index contributed by atoms with van der Waals surface area (Å²) >= 11 is 0. The van der Waals surface area contributed by atoms with Crippen LogP contribution >= 0.6 is 0 Å². The van der Waals surface area contributed by atoms with Gasteiger partial charge in [-0.15, -0.1) is 0 Å². The van der Waals surface area contributed by atoms with Crippen molar-refractivity contribution in [3.8, 4) is 5.69 Å². The molecule has 0 spiro atoms. The lowest BCUT2D eigenvalue weighted by Gasteiger charge is -2.28. The highest BCUT2D eigenvalue weighted by Gasteiger charge is 2.32. The summed E-state index contributed by atoms with van der Waals surface area (Å²) in [5, 5.41) is 9.03. The van der Waals surface area contributed by atoms with Crippen LogP contribution in [0.2, 0.25) is 0 Å². The first-order valence-electron chi connectivity index (χ1n) is 7.28. The molecule has 1 aromatic carbocycles. The highest BCUT2D eigenvalue weighted by atomic mass is 16.4. The van der Waals surface area contributed by atoms with Crippen molar-refractivity contribution in [2.24, 2.45) is 5.92 Å². The van der Waals surface area contributed by atoms with Gasteiger partial charge in [0.15, 0.2) is 0 Å². The van der Waals surface area contributed by atoms with Gasteiger partial charge in [-0.25, -0.2) is 14.7 Å². The van der Waals surface area contributed by atoms with Gasteiger partial charge in [-0.1, -0.05) is 18.2 Å². The molecule has 1 aliphatic rings. The number of rotatable bonds is 3. The first kappa shape index (κ1) is 14.3. The monoisotopic (exact) mass is 299 g/mol. The molecule has 0 saturated carbocycles. The second-order valence-corrected chi connectivity index (χ2v) is 5.42. The van der Waals surface area contributed by atoms with Gasteiger partial charge in [-0.05, 0) is 25.0 Å². The minimum Gasteiger partial charge on any atom is -0.465 e. The Morgan fingerprint density at radius 3 is 2.82 bits per heavy atom. The fourth-order valence-corrected chi connectivity index (χ4v) is 2.79. The van der Waals surface area contributed by atoms with Crippen LogP contribution in [0, 0.1) is 5.92 Å². The van der Waals surface area contributed by atoms with Crippen molar-refractivity contribution in [2.75, 3.05) is 6.54 Å². The lowest BCUT2D eigenvalue weighted by Crippen LogP contribution is -2.44. The third-order valence-corrected chi connectivity index (χ3v) is 3.93. The van der Waals surface area contributed by atoms with Crippen molar-refractivity contribution < 1.29 is 14.7 Å². The van der Waals surface area contributed by atoms with E-state index in [1.165, 1.54) is 0 Å². The number of para-hydroxylation sites is 1. The van der Waals surface area contributed by atoms with E-state index in [2.05, 4.69) is 4.98 Å². The maximum Gasteiger partial charge on any atom is 0.414 e. The maximum atomic E-state index is 12.2. The van der Waals surface area contributed by atoms with Crippen LogP contribution in [0.3, 0.4) is 0 Å². The summed E-state index contributed by atoms with van der Waals surface area (Å²) in [7, 11) is 0. The van der Waals surface area contributed by atoms with Gasteiger partial charge < -0.3 is 9.67 Å². The first-order chi connectivity index (χ1) is 10.6. The molecular formula is C16H17N3O3. The van der Waals surface area contributed by atoms with Gasteiger partial charge in [0.05, 0.1) is 12.0 Å². The Hall–Kier alpha value is -2.63. The molecule has 2 heterocycles. The van der Waals surface area contributed by atoms with Crippen LogP contribution < -0.4 is 0 Å². The van der Waals surface area contributed by atoms with E-state index in [1.807, 2.05) is 41.1 Å². The highest BCUT2D eigenvalue weighted by molar-refractivity contribution is 5.93. The second-order valence-electron chi connectivity index (χ2n) is 5.42. The smallest absolute Gasteiger partial charge is 0.414 e. The molecule has 6 heteroatoms. The fourth-order valence-electron chi connectivity index (χ4n) is 2.79. The van der Waals surface area contributed by atoms with E-state index in [4.69, 9.17) is 5.11 Å². The Morgan fingerprint density at radius 1 is 1.32 bits per heavy atom. The number of carboxylic acid groups (broad SMARTS) is 1. The van der Waals surface area contributed by atoms with E-state index in [0.717, 1.165) is 16.3 Å². The molecule has 3 rings (SSSR count). The SMILES string of the molecule is O=C(O)N1CCCC(Cc2cn(-c3ccccc3)cn2)C1=O. The van der Waals surface area contributed by atoms with Gasteiger partial charge in [0, 0.05) is 30.8 Å². The molecule has 22 heavy (non-hydrogen) atoms. The zero-order valence-electron chi connectivity index (χ0n) is 12.1. The van der Waals surface area contributed by atoms with Gasteiger partial charge >= 0.3 is 6.09 Å². The molecule has 2 amide bonds. The Labute approximate surface area is 128 Å². The minimum atomic E-state index is -1.16. The topological polar surface area (TPSA) is 75.4 Å². The second kappa shape index (κ2) is 6.01. The van der Waals surface area contributed by atoms with Crippen LogP contribution in [0.15, 0.2) is 42.9 Å². The van der Waals surface area contributed by atoms with Crippen molar-refractivity contribution in [3.05, 3.63) is 48.5 Å². The number of imide groups is 1. The molecule has 0 radical (unpaired) electrons. The molecule has 0 aliphatic carbocycles. The quantitative estimate of drug-likeness (QED) is 0.943. The molecule has 6 nitrogen and oxygen atoms in total. The number of amides is 2. The lowest BCUT2D eigenvalue weighted by molar-refractivity contribution is -0.135. The highest BCUT2D eigenvalue weighted by Crippen LogP contribution is 2.22. The Kier molecular flexibility index (Phi) is 3.91. The van der Waals surface area contributed by atoms with Crippen molar-refractivity contribution in [1.82, 2.24) is 14.5 Å². The van der Waals surface area contributed by atoms with Gasteiger partial charge in [-0.3, -0.25) is 4.79 Å². The van der Waals surface area contributed by atoms with E-state index < -0.39 is 6.09 Å². The summed E-state index contributed by atoms with van der Waals surface area (Å²) in [4.78, 5) is 28.5. The van der Waals surface area contributed by atoms with Crippen LogP contribution in [-0.4, -0.2) is 38.1 Å². The largest absolute Gasteiger partial charge is 0.465 e. The standard InChI is InChI=1S/C16H17N3O3/c20-15-12(5-4-8-19(15)16(21)22)9-13-10-18(11-17-13)14-6-2-1-3-7-14/h1-3,6-7,10-12H,4-5,8-9H2,(H,21,22). The summed E-state index contributed by atoms with van der Waals surface area (Å²) in [6.45, 7) is 0.295. The lowest BCUT2D eigenvalue weighted by atomic mass is 9.93. The van der Waals surface area contributed by atoms with Crippen molar-refractivity contribution in [1.29, 1.82) is 0 Å². The number of aromatic nitrogens is 2. The molecule has 1 saturated heterocycles. The number of piperidine rings is 1. The van der Waals surface area contributed by atoms with Crippen molar-refractivity contribution in [2.45, 2.75) is 19.3 Å². The number of likely N-dealkylation sites (tertiary alicyclic amines) is 1. The predicted molar refractivity (Wildman–Crippen MR) is 79.7 cm³/mol. The molecule has 1 unspecified atom stereocenters. The molecule has 1 N–H and O–H groups in total.